The standard InChI is InChI=1S/C22H32N4O6/c1-32-20(30)22(11-3-2-4-12-22)19(29)26-17(6-5-13-24-21(23)31)18(28)25-16-9-7-15(14-27)8-10-16/h7-10,17,27H,2-6,11-14H2,1H3,(H,25,28)(H,26,29)(H3,23,24,31). The minimum Gasteiger partial charge on any atom is -0.468 e. The summed E-state index contributed by atoms with van der Waals surface area (Å²) in [7, 11) is 1.25. The van der Waals surface area contributed by atoms with Gasteiger partial charge in [0.1, 0.15) is 11.5 Å². The monoisotopic (exact) mass is 448 g/mol. The second kappa shape index (κ2) is 12.0. The molecule has 32 heavy (non-hydrogen) atoms. The Bertz CT molecular complexity index is 805. The first-order valence-electron chi connectivity index (χ1n) is 10.8. The Morgan fingerprint density at radius 3 is 2.34 bits per heavy atom. The van der Waals surface area contributed by atoms with E-state index in [-0.39, 0.29) is 19.6 Å². The molecule has 0 saturated heterocycles. The van der Waals surface area contributed by atoms with Gasteiger partial charge in [-0.1, -0.05) is 31.4 Å². The van der Waals surface area contributed by atoms with Crippen molar-refractivity contribution in [2.45, 2.75) is 57.6 Å². The first kappa shape index (κ1) is 25.1. The normalized spacial score (nSPS) is 15.8. The van der Waals surface area contributed by atoms with Crippen LogP contribution in [0.25, 0.3) is 0 Å². The zero-order valence-electron chi connectivity index (χ0n) is 18.3. The fourth-order valence-electron chi connectivity index (χ4n) is 3.88. The van der Waals surface area contributed by atoms with Gasteiger partial charge in [-0.3, -0.25) is 14.4 Å². The van der Waals surface area contributed by atoms with Crippen LogP contribution in [-0.4, -0.2) is 48.6 Å². The van der Waals surface area contributed by atoms with Crippen LogP contribution >= 0.6 is 0 Å². The van der Waals surface area contributed by atoms with E-state index in [2.05, 4.69) is 16.0 Å². The Morgan fingerprint density at radius 1 is 1.12 bits per heavy atom. The van der Waals surface area contributed by atoms with E-state index in [1.807, 2.05) is 0 Å². The highest BCUT2D eigenvalue weighted by atomic mass is 16.5. The molecule has 1 unspecified atom stereocenters. The van der Waals surface area contributed by atoms with E-state index in [1.165, 1.54) is 7.11 Å². The number of urea groups is 1. The van der Waals surface area contributed by atoms with Gasteiger partial charge in [-0.05, 0) is 43.4 Å². The van der Waals surface area contributed by atoms with E-state index in [1.54, 1.807) is 24.3 Å². The number of methoxy groups -OCH3 is 1. The fraction of sp³-hybridized carbons (Fsp3) is 0.545. The minimum absolute atomic E-state index is 0.116. The molecule has 0 bridgehead atoms. The molecule has 0 spiro atoms. The van der Waals surface area contributed by atoms with Crippen LogP contribution in [-0.2, 0) is 25.7 Å². The number of benzene rings is 1. The van der Waals surface area contributed by atoms with Gasteiger partial charge in [0.25, 0.3) is 0 Å². The number of aliphatic hydroxyl groups is 1. The predicted molar refractivity (Wildman–Crippen MR) is 117 cm³/mol. The van der Waals surface area contributed by atoms with Crippen LogP contribution in [0.1, 0.15) is 50.5 Å². The van der Waals surface area contributed by atoms with E-state index >= 15 is 0 Å². The molecule has 1 aromatic rings. The first-order valence-corrected chi connectivity index (χ1v) is 10.8. The second-order valence-electron chi connectivity index (χ2n) is 7.94. The minimum atomic E-state index is -1.31. The Balaban J connectivity index is 2.14. The first-order chi connectivity index (χ1) is 15.3. The third kappa shape index (κ3) is 6.68. The van der Waals surface area contributed by atoms with E-state index in [0.29, 0.717) is 30.5 Å². The number of anilines is 1. The second-order valence-corrected chi connectivity index (χ2v) is 7.94. The number of carbonyl (C=O) groups is 4. The van der Waals surface area contributed by atoms with Crippen LogP contribution in [0.2, 0.25) is 0 Å². The number of rotatable bonds is 10. The lowest BCUT2D eigenvalue weighted by Gasteiger charge is -2.34. The maximum absolute atomic E-state index is 13.2. The number of hydrogen-bond donors (Lipinski definition) is 5. The summed E-state index contributed by atoms with van der Waals surface area (Å²) in [5, 5.41) is 17.1. The number of primary amides is 1. The van der Waals surface area contributed by atoms with Crippen LogP contribution in [0.4, 0.5) is 10.5 Å². The van der Waals surface area contributed by atoms with Gasteiger partial charge >= 0.3 is 12.0 Å². The van der Waals surface area contributed by atoms with Crippen molar-refractivity contribution in [2.75, 3.05) is 19.0 Å². The summed E-state index contributed by atoms with van der Waals surface area (Å²) in [5.74, 6) is -1.57. The lowest BCUT2D eigenvalue weighted by atomic mass is 9.73. The van der Waals surface area contributed by atoms with Gasteiger partial charge in [0.15, 0.2) is 0 Å². The molecule has 1 atom stereocenters. The lowest BCUT2D eigenvalue weighted by molar-refractivity contribution is -0.162. The van der Waals surface area contributed by atoms with Gasteiger partial charge in [-0.25, -0.2) is 4.79 Å². The molecule has 1 saturated carbocycles. The van der Waals surface area contributed by atoms with Gasteiger partial charge in [0.2, 0.25) is 11.8 Å². The van der Waals surface area contributed by atoms with Crippen molar-refractivity contribution in [3.05, 3.63) is 29.8 Å². The molecule has 0 radical (unpaired) electrons. The molecular formula is C22H32N4O6. The van der Waals surface area contributed by atoms with Crippen molar-refractivity contribution in [3.63, 3.8) is 0 Å². The highest BCUT2D eigenvalue weighted by Crippen LogP contribution is 2.38. The summed E-state index contributed by atoms with van der Waals surface area (Å²) in [4.78, 5) is 49.6. The lowest BCUT2D eigenvalue weighted by Crippen LogP contribution is -2.54. The van der Waals surface area contributed by atoms with E-state index in [9.17, 15) is 19.2 Å². The Kier molecular flexibility index (Phi) is 9.45. The molecule has 1 fully saturated rings. The number of amides is 4. The average molecular weight is 449 g/mol. The summed E-state index contributed by atoms with van der Waals surface area (Å²) >= 11 is 0. The molecule has 176 valence electrons. The van der Waals surface area contributed by atoms with Gasteiger partial charge in [0, 0.05) is 12.2 Å². The average Bonchev–Trinajstić information content (AvgIpc) is 2.80. The third-order valence-corrected chi connectivity index (χ3v) is 5.71. The predicted octanol–water partition coefficient (Wildman–Crippen LogP) is 1.17. The molecular weight excluding hydrogens is 416 g/mol. The quantitative estimate of drug-likeness (QED) is 0.205. The Hall–Kier alpha value is -3.14. The smallest absolute Gasteiger partial charge is 0.321 e. The molecule has 6 N–H and O–H groups in total. The number of nitrogens with two attached hydrogens (primary N) is 1. The van der Waals surface area contributed by atoms with E-state index in [4.69, 9.17) is 15.6 Å². The SMILES string of the molecule is COC(=O)C1(C(=O)NC(CCCNC(N)=O)C(=O)Nc2ccc(CO)cc2)CCCCC1. The van der Waals surface area contributed by atoms with E-state index in [0.717, 1.165) is 19.3 Å². The molecule has 10 nitrogen and oxygen atoms in total. The summed E-state index contributed by atoms with van der Waals surface area (Å²) in [6, 6.07) is 5.04. The number of nitrogens with one attached hydrogen (secondary N) is 3. The maximum Gasteiger partial charge on any atom is 0.321 e. The molecule has 10 heteroatoms. The van der Waals surface area contributed by atoms with Gasteiger partial charge in [-0.2, -0.15) is 0 Å². The highest BCUT2D eigenvalue weighted by Gasteiger charge is 2.48. The molecule has 0 aliphatic heterocycles. The molecule has 0 heterocycles. The zero-order chi connectivity index (χ0) is 23.6. The number of esters is 1. The number of carbonyl (C=O) groups excluding carboxylic acids is 4. The van der Waals surface area contributed by atoms with Crippen molar-refractivity contribution in [1.82, 2.24) is 10.6 Å². The number of hydrogen-bond acceptors (Lipinski definition) is 6. The fourth-order valence-corrected chi connectivity index (χ4v) is 3.88. The summed E-state index contributed by atoms with van der Waals surface area (Å²) < 4.78 is 4.92. The highest BCUT2D eigenvalue weighted by molar-refractivity contribution is 6.05. The Labute approximate surface area is 187 Å². The summed E-state index contributed by atoms with van der Waals surface area (Å²) in [5.41, 5.74) is 4.96. The maximum atomic E-state index is 13.2. The van der Waals surface area contributed by atoms with Crippen molar-refractivity contribution >= 4 is 29.5 Å². The molecule has 1 aliphatic carbocycles. The summed E-state index contributed by atoms with van der Waals surface area (Å²) in [6.07, 6.45) is 3.72. The van der Waals surface area contributed by atoms with E-state index < -0.39 is 35.3 Å². The number of ether oxygens (including phenoxy) is 1. The topological polar surface area (TPSA) is 160 Å². The third-order valence-electron chi connectivity index (χ3n) is 5.71. The van der Waals surface area contributed by atoms with Crippen LogP contribution in [0.3, 0.4) is 0 Å². The molecule has 1 aromatic carbocycles. The number of aliphatic hydroxyl groups excluding tert-OH is 1. The molecule has 4 amide bonds. The van der Waals surface area contributed by atoms with Crippen LogP contribution in [0.5, 0.6) is 0 Å². The van der Waals surface area contributed by atoms with Crippen molar-refractivity contribution in [3.8, 4) is 0 Å². The zero-order valence-corrected chi connectivity index (χ0v) is 18.3. The van der Waals surface area contributed by atoms with Crippen LogP contribution in [0.15, 0.2) is 24.3 Å². The van der Waals surface area contributed by atoms with Crippen molar-refractivity contribution in [1.29, 1.82) is 0 Å². The van der Waals surface area contributed by atoms with Gasteiger partial charge < -0.3 is 31.5 Å². The van der Waals surface area contributed by atoms with Crippen molar-refractivity contribution < 1.29 is 29.0 Å². The van der Waals surface area contributed by atoms with Gasteiger partial charge in [-0.15, -0.1) is 0 Å². The molecule has 2 rings (SSSR count). The van der Waals surface area contributed by atoms with Gasteiger partial charge in [0.05, 0.1) is 13.7 Å². The largest absolute Gasteiger partial charge is 0.468 e. The Morgan fingerprint density at radius 2 is 1.78 bits per heavy atom. The van der Waals surface area contributed by atoms with Crippen LogP contribution < -0.4 is 21.7 Å². The molecule has 0 aromatic heterocycles. The van der Waals surface area contributed by atoms with Crippen LogP contribution in [0, 0.1) is 5.41 Å². The molecule has 1 aliphatic rings. The summed E-state index contributed by atoms with van der Waals surface area (Å²) in [6.45, 7) is 0.123. The van der Waals surface area contributed by atoms with Crippen molar-refractivity contribution in [2.24, 2.45) is 11.1 Å².